The van der Waals surface area contributed by atoms with Crippen LogP contribution in [0.3, 0.4) is 0 Å². The fourth-order valence-corrected chi connectivity index (χ4v) is 2.21. The van der Waals surface area contributed by atoms with Crippen LogP contribution in [0.4, 0.5) is 0 Å². The molecule has 0 aromatic carbocycles. The molecule has 1 unspecified atom stereocenters. The van der Waals surface area contributed by atoms with Crippen molar-refractivity contribution >= 4 is 17.3 Å². The molecule has 5 heteroatoms. The van der Waals surface area contributed by atoms with Gasteiger partial charge in [-0.1, -0.05) is 0 Å². The number of aryl methyl sites for hydroxylation is 2. The molecule has 108 valence electrons. The highest BCUT2D eigenvalue weighted by molar-refractivity contribution is 7.80. The summed E-state index contributed by atoms with van der Waals surface area (Å²) in [6.07, 6.45) is 0.952. The van der Waals surface area contributed by atoms with Crippen molar-refractivity contribution in [2.75, 3.05) is 19.8 Å². The van der Waals surface area contributed by atoms with Gasteiger partial charge in [0.25, 0.3) is 0 Å². The number of furan rings is 1. The summed E-state index contributed by atoms with van der Waals surface area (Å²) in [6.45, 7) is 10.3. The predicted octanol–water partition coefficient (Wildman–Crippen LogP) is 2.85. The smallest absolute Gasteiger partial charge is 0.166 e. The lowest BCUT2D eigenvalue weighted by atomic mass is 10.1. The summed E-state index contributed by atoms with van der Waals surface area (Å²) >= 11 is 5.26. The second-order valence-corrected chi connectivity index (χ2v) is 4.95. The molecule has 0 spiro atoms. The van der Waals surface area contributed by atoms with Crippen molar-refractivity contribution in [2.45, 2.75) is 40.2 Å². The van der Waals surface area contributed by atoms with E-state index in [4.69, 9.17) is 21.4 Å². The molecule has 0 fully saturated rings. The summed E-state index contributed by atoms with van der Waals surface area (Å²) in [5.74, 6) is 1.87. The molecule has 4 nitrogen and oxygen atoms in total. The van der Waals surface area contributed by atoms with Crippen LogP contribution < -0.4 is 10.6 Å². The molecule has 0 saturated heterocycles. The van der Waals surface area contributed by atoms with Crippen LogP contribution >= 0.6 is 12.2 Å². The molecule has 1 atom stereocenters. The van der Waals surface area contributed by atoms with E-state index in [0.717, 1.165) is 43.3 Å². The first-order valence-electron chi connectivity index (χ1n) is 6.73. The average molecular weight is 284 g/mol. The first-order valence-corrected chi connectivity index (χ1v) is 7.14. The molecular formula is C14H24N2O2S. The van der Waals surface area contributed by atoms with E-state index in [2.05, 4.69) is 17.6 Å². The summed E-state index contributed by atoms with van der Waals surface area (Å²) in [7, 11) is 0. The highest BCUT2D eigenvalue weighted by Gasteiger charge is 2.13. The lowest BCUT2D eigenvalue weighted by Gasteiger charge is -2.16. The van der Waals surface area contributed by atoms with Gasteiger partial charge in [0.2, 0.25) is 0 Å². The largest absolute Gasteiger partial charge is 0.466 e. The molecule has 0 aliphatic carbocycles. The molecule has 1 aromatic rings. The number of hydrogen-bond donors (Lipinski definition) is 2. The number of thiocarbonyl (C=S) groups is 1. The van der Waals surface area contributed by atoms with Gasteiger partial charge in [-0.15, -0.1) is 0 Å². The fourth-order valence-electron chi connectivity index (χ4n) is 1.93. The number of ether oxygens (including phenoxy) is 1. The maximum absolute atomic E-state index is 5.52. The molecule has 2 N–H and O–H groups in total. The monoisotopic (exact) mass is 284 g/mol. The Morgan fingerprint density at radius 3 is 2.79 bits per heavy atom. The SMILES string of the molecule is CCOCCCNC(=S)NC(C)c1cc(C)oc1C. The van der Waals surface area contributed by atoms with Crippen molar-refractivity contribution in [3.05, 3.63) is 23.2 Å². The Hall–Kier alpha value is -1.07. The van der Waals surface area contributed by atoms with Gasteiger partial charge in [0.1, 0.15) is 11.5 Å². The van der Waals surface area contributed by atoms with Crippen molar-refractivity contribution in [2.24, 2.45) is 0 Å². The highest BCUT2D eigenvalue weighted by Crippen LogP contribution is 2.20. The summed E-state index contributed by atoms with van der Waals surface area (Å²) in [4.78, 5) is 0. The Balaban J connectivity index is 2.30. The Morgan fingerprint density at radius 2 is 2.21 bits per heavy atom. The molecule has 0 amide bonds. The molecule has 0 aliphatic heterocycles. The predicted molar refractivity (Wildman–Crippen MR) is 81.4 cm³/mol. The average Bonchev–Trinajstić information content (AvgIpc) is 2.68. The topological polar surface area (TPSA) is 46.4 Å². The van der Waals surface area contributed by atoms with Crippen LogP contribution in [0.15, 0.2) is 10.5 Å². The van der Waals surface area contributed by atoms with E-state index in [-0.39, 0.29) is 6.04 Å². The summed E-state index contributed by atoms with van der Waals surface area (Å²) < 4.78 is 10.8. The van der Waals surface area contributed by atoms with Crippen molar-refractivity contribution in [3.8, 4) is 0 Å². The van der Waals surface area contributed by atoms with Gasteiger partial charge in [0, 0.05) is 25.3 Å². The van der Waals surface area contributed by atoms with E-state index in [1.807, 2.05) is 26.8 Å². The molecule has 0 aliphatic rings. The van der Waals surface area contributed by atoms with E-state index in [0.29, 0.717) is 5.11 Å². The lowest BCUT2D eigenvalue weighted by molar-refractivity contribution is 0.145. The quantitative estimate of drug-likeness (QED) is 0.595. The van der Waals surface area contributed by atoms with Crippen molar-refractivity contribution in [1.82, 2.24) is 10.6 Å². The first kappa shape index (κ1) is 16.0. The van der Waals surface area contributed by atoms with Crippen molar-refractivity contribution in [1.29, 1.82) is 0 Å². The molecule has 1 rings (SSSR count). The Kier molecular flexibility index (Phi) is 6.87. The third-order valence-corrected chi connectivity index (χ3v) is 3.11. The maximum Gasteiger partial charge on any atom is 0.166 e. The number of nitrogens with one attached hydrogen (secondary N) is 2. The first-order chi connectivity index (χ1) is 9.04. The highest BCUT2D eigenvalue weighted by atomic mass is 32.1. The second kappa shape index (κ2) is 8.17. The van der Waals surface area contributed by atoms with Crippen LogP contribution in [-0.2, 0) is 4.74 Å². The normalized spacial score (nSPS) is 12.2. The molecular weight excluding hydrogens is 260 g/mol. The van der Waals surface area contributed by atoms with E-state index in [9.17, 15) is 0 Å². The van der Waals surface area contributed by atoms with E-state index in [1.165, 1.54) is 0 Å². The maximum atomic E-state index is 5.52. The van der Waals surface area contributed by atoms with Crippen LogP contribution in [0.1, 0.15) is 43.4 Å². The third-order valence-electron chi connectivity index (χ3n) is 2.85. The molecule has 1 aromatic heterocycles. The minimum atomic E-state index is 0.143. The Labute approximate surface area is 120 Å². The van der Waals surface area contributed by atoms with E-state index in [1.54, 1.807) is 0 Å². The lowest BCUT2D eigenvalue weighted by Crippen LogP contribution is -2.37. The number of hydrogen-bond acceptors (Lipinski definition) is 3. The van der Waals surface area contributed by atoms with E-state index < -0.39 is 0 Å². The Bertz CT molecular complexity index is 404. The van der Waals surface area contributed by atoms with Gasteiger partial charge in [0.15, 0.2) is 5.11 Å². The van der Waals surface area contributed by atoms with Crippen LogP contribution in [-0.4, -0.2) is 24.9 Å². The third kappa shape index (κ3) is 5.61. The zero-order valence-corrected chi connectivity index (χ0v) is 13.0. The molecule has 0 saturated carbocycles. The van der Waals surface area contributed by atoms with Gasteiger partial charge >= 0.3 is 0 Å². The zero-order chi connectivity index (χ0) is 14.3. The molecule has 19 heavy (non-hydrogen) atoms. The standard InChI is InChI=1S/C14H24N2O2S/c1-5-17-8-6-7-15-14(19)16-11(3)13-9-10(2)18-12(13)4/h9,11H,5-8H2,1-4H3,(H2,15,16,19). The van der Waals surface area contributed by atoms with Gasteiger partial charge in [0.05, 0.1) is 6.04 Å². The Morgan fingerprint density at radius 1 is 1.47 bits per heavy atom. The second-order valence-electron chi connectivity index (χ2n) is 4.54. The molecule has 1 heterocycles. The van der Waals surface area contributed by atoms with Crippen LogP contribution in [0, 0.1) is 13.8 Å². The van der Waals surface area contributed by atoms with Crippen molar-refractivity contribution < 1.29 is 9.15 Å². The summed E-state index contributed by atoms with van der Waals surface area (Å²) in [5.41, 5.74) is 1.15. The van der Waals surface area contributed by atoms with Crippen molar-refractivity contribution in [3.63, 3.8) is 0 Å². The minimum absolute atomic E-state index is 0.143. The van der Waals surface area contributed by atoms with Gasteiger partial charge in [-0.25, -0.2) is 0 Å². The van der Waals surface area contributed by atoms with Gasteiger partial charge < -0.3 is 19.8 Å². The summed E-state index contributed by atoms with van der Waals surface area (Å²) in [5, 5.41) is 7.11. The van der Waals surface area contributed by atoms with Gasteiger partial charge in [-0.2, -0.15) is 0 Å². The number of rotatable bonds is 7. The van der Waals surface area contributed by atoms with Gasteiger partial charge in [-0.3, -0.25) is 0 Å². The van der Waals surface area contributed by atoms with E-state index >= 15 is 0 Å². The van der Waals surface area contributed by atoms with Gasteiger partial charge in [-0.05, 0) is 52.4 Å². The molecule has 0 bridgehead atoms. The minimum Gasteiger partial charge on any atom is -0.466 e. The van der Waals surface area contributed by atoms with Crippen LogP contribution in [0.5, 0.6) is 0 Å². The summed E-state index contributed by atoms with van der Waals surface area (Å²) in [6, 6.07) is 2.19. The fraction of sp³-hybridized carbons (Fsp3) is 0.643. The van der Waals surface area contributed by atoms with Crippen LogP contribution in [0.25, 0.3) is 0 Å². The molecule has 0 radical (unpaired) electrons. The zero-order valence-electron chi connectivity index (χ0n) is 12.2. The van der Waals surface area contributed by atoms with Crippen LogP contribution in [0.2, 0.25) is 0 Å².